The number of hydrogen-bond acceptors (Lipinski definition) is 11. The first kappa shape index (κ1) is 24.2. The van der Waals surface area contributed by atoms with Gasteiger partial charge in [0.1, 0.15) is 30.5 Å². The third-order valence-corrected chi connectivity index (χ3v) is 6.06. The molecule has 11 nitrogen and oxygen atoms in total. The van der Waals surface area contributed by atoms with Crippen LogP contribution in [0.4, 0.5) is 0 Å². The fourth-order valence-electron chi connectivity index (χ4n) is 4.16. The molecule has 2 aromatic rings. The topological polar surface area (TPSA) is 186 Å². The van der Waals surface area contributed by atoms with Crippen LogP contribution in [0.3, 0.4) is 0 Å². The molecule has 1 unspecified atom stereocenters. The molecule has 0 aromatic heterocycles. The van der Waals surface area contributed by atoms with E-state index in [0.717, 1.165) is 6.07 Å². The van der Waals surface area contributed by atoms with Gasteiger partial charge in [0, 0.05) is 12.0 Å². The largest absolute Gasteiger partial charge is 0.504 e. The average molecular weight is 478 g/mol. The smallest absolute Gasteiger partial charge is 0.187 e. The number of phenols is 4. The van der Waals surface area contributed by atoms with Crippen molar-refractivity contribution in [1.82, 2.24) is 0 Å². The highest BCUT2D eigenvalue weighted by Gasteiger charge is 2.51. The molecule has 2 heterocycles. The molecule has 7 atom stereocenters. The molecular weight excluding hydrogens is 452 g/mol. The normalized spacial score (nSPS) is 31.1. The average Bonchev–Trinajstić information content (AvgIpc) is 2.82. The highest BCUT2D eigenvalue weighted by Crippen LogP contribution is 2.41. The van der Waals surface area contributed by atoms with Gasteiger partial charge in [0.25, 0.3) is 0 Å². The van der Waals surface area contributed by atoms with Crippen LogP contribution in [-0.2, 0) is 14.2 Å². The van der Waals surface area contributed by atoms with Gasteiger partial charge < -0.3 is 50.0 Å². The van der Waals surface area contributed by atoms with Gasteiger partial charge in [0.05, 0.1) is 12.7 Å². The molecule has 4 rings (SSSR count). The molecule has 2 aliphatic heterocycles. The van der Waals surface area contributed by atoms with Crippen molar-refractivity contribution in [3.8, 4) is 23.0 Å². The molecule has 0 radical (unpaired) electrons. The third kappa shape index (κ3) is 4.67. The molecule has 0 saturated carbocycles. The van der Waals surface area contributed by atoms with E-state index in [1.165, 1.54) is 30.3 Å². The lowest BCUT2D eigenvalue weighted by Crippen LogP contribution is -2.63. The minimum Gasteiger partial charge on any atom is -0.504 e. The van der Waals surface area contributed by atoms with Crippen LogP contribution >= 0.6 is 0 Å². The van der Waals surface area contributed by atoms with Gasteiger partial charge in [0.15, 0.2) is 35.1 Å². The zero-order valence-corrected chi connectivity index (χ0v) is 17.9. The Morgan fingerprint density at radius 3 is 2.09 bits per heavy atom. The minimum atomic E-state index is -1.44. The first-order chi connectivity index (χ1) is 16.2. The summed E-state index contributed by atoms with van der Waals surface area (Å²) < 4.78 is 17.6. The summed E-state index contributed by atoms with van der Waals surface area (Å²) in [5.74, 6) is -1.88. The van der Waals surface area contributed by atoms with Gasteiger partial charge >= 0.3 is 0 Å². The Kier molecular flexibility index (Phi) is 6.94. The summed E-state index contributed by atoms with van der Waals surface area (Å²) in [7, 11) is 0. The third-order valence-electron chi connectivity index (χ3n) is 6.06. The monoisotopic (exact) mass is 478 g/mol. The van der Waals surface area contributed by atoms with Crippen LogP contribution in [0.1, 0.15) is 34.9 Å². The van der Waals surface area contributed by atoms with Crippen LogP contribution in [0.5, 0.6) is 23.0 Å². The van der Waals surface area contributed by atoms with Crippen molar-refractivity contribution in [3.05, 3.63) is 47.5 Å². The van der Waals surface area contributed by atoms with Gasteiger partial charge in [-0.3, -0.25) is 4.79 Å². The second-order valence-electron chi connectivity index (χ2n) is 8.32. The summed E-state index contributed by atoms with van der Waals surface area (Å²) in [5.41, 5.74) is 0.566. The van der Waals surface area contributed by atoms with E-state index in [2.05, 4.69) is 0 Å². The number of aliphatic hydroxyl groups excluding tert-OH is 3. The highest BCUT2D eigenvalue weighted by molar-refractivity contribution is 5.96. The number of hydrogen-bond donors (Lipinski definition) is 7. The van der Waals surface area contributed by atoms with Crippen LogP contribution in [0.25, 0.3) is 0 Å². The Bertz CT molecular complexity index is 1040. The number of carbonyl (C=O) groups excluding carboxylic acids is 1. The van der Waals surface area contributed by atoms with Crippen molar-refractivity contribution in [1.29, 1.82) is 0 Å². The van der Waals surface area contributed by atoms with Crippen molar-refractivity contribution < 1.29 is 54.8 Å². The number of ketones is 1. The molecule has 0 amide bonds. The number of benzene rings is 2. The summed E-state index contributed by atoms with van der Waals surface area (Å²) in [6.45, 7) is -0.562. The van der Waals surface area contributed by atoms with Crippen LogP contribution in [0, 0.1) is 0 Å². The zero-order chi connectivity index (χ0) is 24.6. The van der Waals surface area contributed by atoms with Crippen molar-refractivity contribution in [2.75, 3.05) is 6.61 Å². The number of carbonyl (C=O) groups is 1. The molecule has 2 saturated heterocycles. The van der Waals surface area contributed by atoms with Gasteiger partial charge in [0.2, 0.25) is 0 Å². The number of ether oxygens (including phenoxy) is 3. The Morgan fingerprint density at radius 1 is 0.794 bits per heavy atom. The summed E-state index contributed by atoms with van der Waals surface area (Å²) in [6.07, 6.45) is -7.92. The predicted molar refractivity (Wildman–Crippen MR) is 113 cm³/mol. The van der Waals surface area contributed by atoms with E-state index in [0.29, 0.717) is 5.56 Å². The molecule has 0 spiro atoms. The Balaban J connectivity index is 1.57. The van der Waals surface area contributed by atoms with Crippen molar-refractivity contribution in [2.24, 2.45) is 0 Å². The molecular formula is C23H26O11. The zero-order valence-electron chi connectivity index (χ0n) is 17.9. The summed E-state index contributed by atoms with van der Waals surface area (Å²) >= 11 is 0. The number of rotatable bonds is 6. The Hall–Kier alpha value is -2.93. The van der Waals surface area contributed by atoms with E-state index in [1.807, 2.05) is 0 Å². The molecule has 7 N–H and O–H groups in total. The maximum absolute atomic E-state index is 12.7. The van der Waals surface area contributed by atoms with Crippen LogP contribution in [0.2, 0.25) is 0 Å². The van der Waals surface area contributed by atoms with E-state index < -0.39 is 61.0 Å². The number of aromatic hydroxyl groups is 4. The fraction of sp³-hybridized carbons (Fsp3) is 0.435. The summed E-state index contributed by atoms with van der Waals surface area (Å²) in [6, 6.07) is 7.72. The lowest BCUT2D eigenvalue weighted by molar-refractivity contribution is -0.369. The van der Waals surface area contributed by atoms with E-state index in [-0.39, 0.29) is 35.7 Å². The number of Topliss-reactive ketones (excluding diaryl/α,β-unsaturated/α-hetero) is 1. The summed E-state index contributed by atoms with van der Waals surface area (Å²) in [5, 5.41) is 68.8. The van der Waals surface area contributed by atoms with Gasteiger partial charge in [-0.25, -0.2) is 0 Å². The molecule has 2 aliphatic rings. The molecule has 11 heteroatoms. The van der Waals surface area contributed by atoms with Crippen LogP contribution < -0.4 is 0 Å². The van der Waals surface area contributed by atoms with E-state index in [4.69, 9.17) is 14.2 Å². The van der Waals surface area contributed by atoms with Crippen LogP contribution in [0.15, 0.2) is 36.4 Å². The standard InChI is InChI=1S/C23H26O11/c24-9-18-19(30)20(31)22-23(33-18)32-17(21(34-22)11-2-4-14(27)16(29)8-11)6-5-12(25)10-1-3-13(26)15(28)7-10/h1-4,7-8,17-24,26-31H,5-6,9H2/t17-,18-,19-,20+,21-,22-,23?/m1/s1. The second-order valence-corrected chi connectivity index (χ2v) is 8.32. The van der Waals surface area contributed by atoms with Crippen molar-refractivity contribution in [2.45, 2.75) is 55.8 Å². The minimum absolute atomic E-state index is 0.0508. The SMILES string of the molecule is O=C(CC[C@H]1OC2O[C@H](CO)[C@@H](O)[C@H](O)[C@H]2O[C@@H]1c1ccc(O)c(O)c1)c1ccc(O)c(O)c1. The molecule has 2 aromatic carbocycles. The van der Waals surface area contributed by atoms with Gasteiger partial charge in [-0.15, -0.1) is 0 Å². The van der Waals surface area contributed by atoms with Gasteiger partial charge in [-0.05, 0) is 42.3 Å². The molecule has 34 heavy (non-hydrogen) atoms. The molecule has 184 valence electrons. The van der Waals surface area contributed by atoms with Gasteiger partial charge in [-0.1, -0.05) is 6.07 Å². The molecule has 0 aliphatic carbocycles. The van der Waals surface area contributed by atoms with Gasteiger partial charge in [-0.2, -0.15) is 0 Å². The maximum atomic E-state index is 12.7. The van der Waals surface area contributed by atoms with Crippen LogP contribution in [-0.4, -0.2) is 84.9 Å². The second kappa shape index (κ2) is 9.74. The molecule has 2 fully saturated rings. The lowest BCUT2D eigenvalue weighted by Gasteiger charge is -2.48. The first-order valence-electron chi connectivity index (χ1n) is 10.7. The highest BCUT2D eigenvalue weighted by atomic mass is 16.7. The first-order valence-corrected chi connectivity index (χ1v) is 10.7. The predicted octanol–water partition coefficient (Wildman–Crippen LogP) is 0.436. The van der Waals surface area contributed by atoms with Crippen molar-refractivity contribution >= 4 is 5.78 Å². The van der Waals surface area contributed by atoms with E-state index in [1.54, 1.807) is 0 Å². The maximum Gasteiger partial charge on any atom is 0.187 e. The lowest BCUT2D eigenvalue weighted by atomic mass is 9.93. The van der Waals surface area contributed by atoms with E-state index in [9.17, 15) is 40.5 Å². The van der Waals surface area contributed by atoms with Crippen molar-refractivity contribution in [3.63, 3.8) is 0 Å². The number of phenolic OH excluding ortho intramolecular Hbond substituents is 4. The Morgan fingerprint density at radius 2 is 1.44 bits per heavy atom. The number of fused-ring (bicyclic) bond motifs is 1. The fourth-order valence-corrected chi connectivity index (χ4v) is 4.16. The summed E-state index contributed by atoms with van der Waals surface area (Å²) in [4.78, 5) is 12.7. The quantitative estimate of drug-likeness (QED) is 0.225. The molecule has 0 bridgehead atoms. The van der Waals surface area contributed by atoms with E-state index >= 15 is 0 Å². The Labute approximate surface area is 194 Å². The number of aliphatic hydroxyl groups is 3.